The lowest BCUT2D eigenvalue weighted by molar-refractivity contribution is 0.0782. The molecule has 126 valence electrons. The molecular formula is C19H21ClN2O2. The van der Waals surface area contributed by atoms with Crippen molar-refractivity contribution < 1.29 is 9.53 Å². The van der Waals surface area contributed by atoms with E-state index in [9.17, 15) is 4.79 Å². The van der Waals surface area contributed by atoms with Crippen LogP contribution in [0.5, 0.6) is 5.75 Å². The number of nitrogens with two attached hydrogens (primary N) is 1. The van der Waals surface area contributed by atoms with Gasteiger partial charge >= 0.3 is 0 Å². The smallest absolute Gasteiger partial charge is 0.257 e. The van der Waals surface area contributed by atoms with Gasteiger partial charge in [-0.2, -0.15) is 0 Å². The van der Waals surface area contributed by atoms with E-state index < -0.39 is 0 Å². The highest BCUT2D eigenvalue weighted by Crippen LogP contribution is 2.24. The van der Waals surface area contributed by atoms with Gasteiger partial charge in [0.05, 0.1) is 5.56 Å². The van der Waals surface area contributed by atoms with Crippen LogP contribution in [0.2, 0.25) is 5.02 Å². The van der Waals surface area contributed by atoms with Crippen LogP contribution in [0.15, 0.2) is 48.5 Å². The molecule has 3 rings (SSSR count). The van der Waals surface area contributed by atoms with E-state index in [-0.39, 0.29) is 5.91 Å². The van der Waals surface area contributed by atoms with E-state index in [4.69, 9.17) is 22.1 Å². The maximum Gasteiger partial charge on any atom is 0.257 e. The van der Waals surface area contributed by atoms with E-state index in [1.165, 1.54) is 0 Å². The minimum Gasteiger partial charge on any atom is -0.488 e. The fourth-order valence-electron chi connectivity index (χ4n) is 2.89. The summed E-state index contributed by atoms with van der Waals surface area (Å²) in [6.45, 7) is 2.50. The largest absolute Gasteiger partial charge is 0.488 e. The number of amides is 1. The molecular weight excluding hydrogens is 324 g/mol. The van der Waals surface area contributed by atoms with Gasteiger partial charge in [0, 0.05) is 18.1 Å². The van der Waals surface area contributed by atoms with Crippen LogP contribution in [-0.4, -0.2) is 30.4 Å². The number of benzene rings is 2. The van der Waals surface area contributed by atoms with Gasteiger partial charge in [0.15, 0.2) is 0 Å². The highest BCUT2D eigenvalue weighted by atomic mass is 35.5. The van der Waals surface area contributed by atoms with Gasteiger partial charge in [-0.15, -0.1) is 0 Å². The van der Waals surface area contributed by atoms with Crippen molar-refractivity contribution in [2.24, 2.45) is 11.7 Å². The second-order valence-electron chi connectivity index (χ2n) is 6.05. The molecule has 1 saturated heterocycles. The SMILES string of the molecule is NC[C@H]1CCN(C(=O)c2ccccc2OCc2ccc(Cl)cc2)C1. The molecule has 2 N–H and O–H groups in total. The van der Waals surface area contributed by atoms with E-state index >= 15 is 0 Å². The zero-order valence-electron chi connectivity index (χ0n) is 13.5. The molecule has 0 aliphatic carbocycles. The maximum atomic E-state index is 12.8. The lowest BCUT2D eigenvalue weighted by Gasteiger charge is -2.18. The number of carbonyl (C=O) groups is 1. The third-order valence-corrected chi connectivity index (χ3v) is 4.58. The topological polar surface area (TPSA) is 55.6 Å². The minimum atomic E-state index is 0.0117. The Morgan fingerprint density at radius 3 is 2.67 bits per heavy atom. The van der Waals surface area contributed by atoms with Crippen molar-refractivity contribution in [1.29, 1.82) is 0 Å². The molecule has 0 saturated carbocycles. The minimum absolute atomic E-state index is 0.0117. The maximum absolute atomic E-state index is 12.8. The van der Waals surface area contributed by atoms with Crippen molar-refractivity contribution in [2.45, 2.75) is 13.0 Å². The first-order valence-corrected chi connectivity index (χ1v) is 8.51. The van der Waals surface area contributed by atoms with Gasteiger partial charge in [-0.05, 0) is 48.7 Å². The fraction of sp³-hybridized carbons (Fsp3) is 0.316. The number of likely N-dealkylation sites (tertiary alicyclic amines) is 1. The lowest BCUT2D eigenvalue weighted by Crippen LogP contribution is -2.30. The molecule has 1 aliphatic rings. The Bertz CT molecular complexity index is 703. The highest BCUT2D eigenvalue weighted by Gasteiger charge is 2.27. The van der Waals surface area contributed by atoms with Crippen LogP contribution < -0.4 is 10.5 Å². The third kappa shape index (κ3) is 3.89. The zero-order valence-corrected chi connectivity index (χ0v) is 14.2. The average molecular weight is 345 g/mol. The van der Waals surface area contributed by atoms with Crippen LogP contribution in [0.1, 0.15) is 22.3 Å². The van der Waals surface area contributed by atoms with E-state index in [0.717, 1.165) is 25.1 Å². The summed E-state index contributed by atoms with van der Waals surface area (Å²) < 4.78 is 5.88. The van der Waals surface area contributed by atoms with Crippen molar-refractivity contribution >= 4 is 17.5 Å². The molecule has 1 heterocycles. The van der Waals surface area contributed by atoms with Crippen molar-refractivity contribution in [3.05, 3.63) is 64.7 Å². The molecule has 0 unspecified atom stereocenters. The standard InChI is InChI=1S/C19H21ClN2O2/c20-16-7-5-14(6-8-16)13-24-18-4-2-1-3-17(18)19(23)22-10-9-15(11-21)12-22/h1-8,15H,9-13,21H2/t15-/m1/s1. The number of rotatable bonds is 5. The van der Waals surface area contributed by atoms with E-state index in [2.05, 4.69) is 0 Å². The summed E-state index contributed by atoms with van der Waals surface area (Å²) in [5.41, 5.74) is 7.32. The van der Waals surface area contributed by atoms with Gasteiger partial charge in [0.1, 0.15) is 12.4 Å². The van der Waals surface area contributed by atoms with Crippen LogP contribution in [-0.2, 0) is 6.61 Å². The Morgan fingerprint density at radius 1 is 1.21 bits per heavy atom. The molecule has 1 atom stereocenters. The normalized spacial score (nSPS) is 17.1. The number of hydrogen-bond donors (Lipinski definition) is 1. The number of ether oxygens (including phenoxy) is 1. The summed E-state index contributed by atoms with van der Waals surface area (Å²) in [6.07, 6.45) is 0.968. The molecule has 2 aromatic carbocycles. The molecule has 0 aromatic heterocycles. The average Bonchev–Trinajstić information content (AvgIpc) is 3.10. The van der Waals surface area contributed by atoms with Crippen molar-refractivity contribution in [2.75, 3.05) is 19.6 Å². The van der Waals surface area contributed by atoms with Crippen LogP contribution in [0.4, 0.5) is 0 Å². The van der Waals surface area contributed by atoms with Crippen molar-refractivity contribution in [1.82, 2.24) is 4.90 Å². The predicted molar refractivity (Wildman–Crippen MR) is 95.3 cm³/mol. The number of carbonyl (C=O) groups excluding carboxylic acids is 1. The molecule has 2 aromatic rings. The summed E-state index contributed by atoms with van der Waals surface area (Å²) in [6, 6.07) is 14.9. The van der Waals surface area contributed by atoms with Gasteiger partial charge in [-0.1, -0.05) is 35.9 Å². The Morgan fingerprint density at radius 2 is 1.96 bits per heavy atom. The van der Waals surface area contributed by atoms with E-state index in [1.54, 1.807) is 0 Å². The Kier molecular flexibility index (Phi) is 5.38. The highest BCUT2D eigenvalue weighted by molar-refractivity contribution is 6.30. The molecule has 0 bridgehead atoms. The second-order valence-corrected chi connectivity index (χ2v) is 6.49. The van der Waals surface area contributed by atoms with Crippen molar-refractivity contribution in [3.8, 4) is 5.75 Å². The van der Waals surface area contributed by atoms with Crippen LogP contribution >= 0.6 is 11.6 Å². The molecule has 0 radical (unpaired) electrons. The Labute approximate surface area is 147 Å². The van der Waals surface area contributed by atoms with Crippen LogP contribution in [0.25, 0.3) is 0 Å². The molecule has 4 nitrogen and oxygen atoms in total. The first-order chi connectivity index (χ1) is 11.7. The summed E-state index contributed by atoms with van der Waals surface area (Å²) in [4.78, 5) is 14.6. The van der Waals surface area contributed by atoms with Gasteiger partial charge < -0.3 is 15.4 Å². The molecule has 0 spiro atoms. The fourth-order valence-corrected chi connectivity index (χ4v) is 3.02. The monoisotopic (exact) mass is 344 g/mol. The molecule has 24 heavy (non-hydrogen) atoms. The first kappa shape index (κ1) is 16.8. The zero-order chi connectivity index (χ0) is 16.9. The summed E-state index contributed by atoms with van der Waals surface area (Å²) in [5.74, 6) is 1.02. The van der Waals surface area contributed by atoms with E-state index in [0.29, 0.717) is 35.4 Å². The first-order valence-electron chi connectivity index (χ1n) is 8.13. The van der Waals surface area contributed by atoms with Crippen LogP contribution in [0.3, 0.4) is 0 Å². The number of nitrogens with zero attached hydrogens (tertiary/aromatic N) is 1. The van der Waals surface area contributed by atoms with Crippen LogP contribution in [0, 0.1) is 5.92 Å². The number of hydrogen-bond acceptors (Lipinski definition) is 3. The molecule has 1 fully saturated rings. The third-order valence-electron chi connectivity index (χ3n) is 4.33. The predicted octanol–water partition coefficient (Wildman–Crippen LogP) is 3.34. The summed E-state index contributed by atoms with van der Waals surface area (Å²) >= 11 is 5.89. The second kappa shape index (κ2) is 7.69. The van der Waals surface area contributed by atoms with Crippen molar-refractivity contribution in [3.63, 3.8) is 0 Å². The number of para-hydroxylation sites is 1. The van der Waals surface area contributed by atoms with Gasteiger partial charge in [0.25, 0.3) is 5.91 Å². The van der Waals surface area contributed by atoms with Gasteiger partial charge in [-0.25, -0.2) is 0 Å². The van der Waals surface area contributed by atoms with Gasteiger partial charge in [-0.3, -0.25) is 4.79 Å². The quantitative estimate of drug-likeness (QED) is 0.905. The van der Waals surface area contributed by atoms with Gasteiger partial charge in [0.2, 0.25) is 0 Å². The molecule has 1 amide bonds. The van der Waals surface area contributed by atoms with E-state index in [1.807, 2.05) is 53.4 Å². The summed E-state index contributed by atoms with van der Waals surface area (Å²) in [5, 5.41) is 0.692. The number of halogens is 1. The Balaban J connectivity index is 1.70. The Hall–Kier alpha value is -2.04. The summed E-state index contributed by atoms with van der Waals surface area (Å²) in [7, 11) is 0. The molecule has 5 heteroatoms. The molecule has 1 aliphatic heterocycles. The lowest BCUT2D eigenvalue weighted by atomic mass is 10.1.